The smallest absolute Gasteiger partial charge is 0.254 e. The van der Waals surface area contributed by atoms with Crippen molar-refractivity contribution in [2.24, 2.45) is 0 Å². The minimum Gasteiger partial charge on any atom is -0.496 e. The molecule has 2 amide bonds. The van der Waals surface area contributed by atoms with Gasteiger partial charge in [-0.2, -0.15) is 0 Å². The number of carbonyl (C=O) groups excluding carboxylic acids is 2. The number of benzene rings is 2. The Morgan fingerprint density at radius 3 is 2.58 bits per heavy atom. The molecule has 0 atom stereocenters. The highest BCUT2D eigenvalue weighted by molar-refractivity contribution is 9.10. The molecule has 0 radical (unpaired) electrons. The Kier molecular flexibility index (Phi) is 6.23. The quantitative estimate of drug-likeness (QED) is 0.813. The van der Waals surface area contributed by atoms with Crippen LogP contribution in [-0.2, 0) is 4.79 Å². The molecule has 0 spiro atoms. The van der Waals surface area contributed by atoms with Crippen molar-refractivity contribution < 1.29 is 14.3 Å². The molecule has 2 rings (SSSR count). The molecule has 24 heavy (non-hydrogen) atoms. The second kappa shape index (κ2) is 8.17. The molecule has 0 aliphatic heterocycles. The van der Waals surface area contributed by atoms with Crippen LogP contribution >= 0.6 is 27.5 Å². The van der Waals surface area contributed by atoms with E-state index in [2.05, 4.69) is 21.2 Å². The van der Waals surface area contributed by atoms with E-state index in [1.54, 1.807) is 56.6 Å². The van der Waals surface area contributed by atoms with E-state index in [1.165, 1.54) is 4.90 Å². The zero-order valence-electron chi connectivity index (χ0n) is 13.2. The van der Waals surface area contributed by atoms with Crippen LogP contribution in [0.5, 0.6) is 5.75 Å². The number of amides is 2. The van der Waals surface area contributed by atoms with Crippen LogP contribution in [0, 0.1) is 0 Å². The predicted octanol–water partition coefficient (Wildman–Crippen LogP) is 3.82. The number of hydrogen-bond donors (Lipinski definition) is 1. The summed E-state index contributed by atoms with van der Waals surface area (Å²) >= 11 is 9.34. The van der Waals surface area contributed by atoms with Gasteiger partial charge in [0.2, 0.25) is 5.91 Å². The summed E-state index contributed by atoms with van der Waals surface area (Å²) in [4.78, 5) is 25.8. The van der Waals surface area contributed by atoms with Gasteiger partial charge in [-0.25, -0.2) is 0 Å². The molecule has 0 saturated heterocycles. The summed E-state index contributed by atoms with van der Waals surface area (Å²) in [6, 6.07) is 11.9. The summed E-state index contributed by atoms with van der Waals surface area (Å²) in [5.41, 5.74) is 0.966. The maximum Gasteiger partial charge on any atom is 0.254 e. The molecule has 0 heterocycles. The second-order valence-corrected chi connectivity index (χ2v) is 6.30. The highest BCUT2D eigenvalue weighted by atomic mass is 79.9. The average Bonchev–Trinajstić information content (AvgIpc) is 2.56. The van der Waals surface area contributed by atoms with Crippen molar-refractivity contribution in [1.82, 2.24) is 4.90 Å². The van der Waals surface area contributed by atoms with Crippen LogP contribution in [0.4, 0.5) is 5.69 Å². The largest absolute Gasteiger partial charge is 0.496 e. The number of nitrogens with one attached hydrogen (secondary N) is 1. The highest BCUT2D eigenvalue weighted by Crippen LogP contribution is 2.26. The van der Waals surface area contributed by atoms with Crippen LogP contribution in [0.3, 0.4) is 0 Å². The summed E-state index contributed by atoms with van der Waals surface area (Å²) in [5.74, 6) is 0.0323. The molecule has 5 nitrogen and oxygen atoms in total. The molecule has 126 valence electrons. The number of nitrogens with zero attached hydrogens (tertiary/aromatic N) is 1. The van der Waals surface area contributed by atoms with E-state index in [1.807, 2.05) is 0 Å². The number of para-hydroxylation sites is 1. The van der Waals surface area contributed by atoms with Crippen LogP contribution in [0.1, 0.15) is 10.4 Å². The maximum atomic E-state index is 12.4. The number of anilines is 1. The molecule has 0 saturated carbocycles. The fourth-order valence-electron chi connectivity index (χ4n) is 2.06. The molecule has 2 aromatic carbocycles. The number of carbonyl (C=O) groups is 2. The van der Waals surface area contributed by atoms with Crippen molar-refractivity contribution in [3.63, 3.8) is 0 Å². The second-order valence-electron chi connectivity index (χ2n) is 5.04. The molecular formula is C17H16BrClN2O3. The lowest BCUT2D eigenvalue weighted by molar-refractivity contribution is -0.116. The van der Waals surface area contributed by atoms with E-state index < -0.39 is 0 Å². The Morgan fingerprint density at radius 2 is 1.96 bits per heavy atom. The van der Waals surface area contributed by atoms with Gasteiger partial charge < -0.3 is 15.0 Å². The summed E-state index contributed by atoms with van der Waals surface area (Å²) in [7, 11) is 3.11. The zero-order chi connectivity index (χ0) is 17.7. The lowest BCUT2D eigenvalue weighted by atomic mass is 10.2. The van der Waals surface area contributed by atoms with Crippen LogP contribution in [-0.4, -0.2) is 37.4 Å². The van der Waals surface area contributed by atoms with Gasteiger partial charge in [0, 0.05) is 12.6 Å². The minimum atomic E-state index is -0.327. The van der Waals surface area contributed by atoms with Gasteiger partial charge in [0.05, 0.1) is 28.8 Å². The summed E-state index contributed by atoms with van der Waals surface area (Å²) in [6.07, 6.45) is 0. The van der Waals surface area contributed by atoms with Crippen molar-refractivity contribution in [3.8, 4) is 5.75 Å². The Hall–Kier alpha value is -2.05. The SMILES string of the molecule is COc1ccc(C(=O)N(C)CC(=O)Nc2ccccc2Cl)cc1Br. The van der Waals surface area contributed by atoms with Gasteiger partial charge in [-0.05, 0) is 46.3 Å². The Labute approximate surface area is 153 Å². The van der Waals surface area contributed by atoms with E-state index >= 15 is 0 Å². The first kappa shape index (κ1) is 18.3. The fourth-order valence-corrected chi connectivity index (χ4v) is 2.78. The van der Waals surface area contributed by atoms with Gasteiger partial charge in [0.1, 0.15) is 5.75 Å². The van der Waals surface area contributed by atoms with Gasteiger partial charge in [-0.1, -0.05) is 23.7 Å². The number of halogens is 2. The minimum absolute atomic E-state index is 0.0896. The van der Waals surface area contributed by atoms with E-state index in [0.717, 1.165) is 0 Å². The molecular weight excluding hydrogens is 396 g/mol. The number of ether oxygens (including phenoxy) is 1. The topological polar surface area (TPSA) is 58.6 Å². The van der Waals surface area contributed by atoms with Crippen molar-refractivity contribution >= 4 is 45.0 Å². The van der Waals surface area contributed by atoms with Crippen molar-refractivity contribution in [2.45, 2.75) is 0 Å². The summed E-state index contributed by atoms with van der Waals surface area (Å²) in [5, 5.41) is 3.13. The third kappa shape index (κ3) is 4.49. The zero-order valence-corrected chi connectivity index (χ0v) is 15.5. The van der Waals surface area contributed by atoms with Crippen LogP contribution in [0.2, 0.25) is 5.02 Å². The molecule has 0 bridgehead atoms. The molecule has 7 heteroatoms. The molecule has 0 aliphatic rings. The first-order valence-corrected chi connectivity index (χ1v) is 8.23. The average molecular weight is 412 g/mol. The predicted molar refractivity (Wildman–Crippen MR) is 97.7 cm³/mol. The van der Waals surface area contributed by atoms with Gasteiger partial charge >= 0.3 is 0 Å². The normalized spacial score (nSPS) is 10.2. The Morgan fingerprint density at radius 1 is 1.25 bits per heavy atom. The fraction of sp³-hybridized carbons (Fsp3) is 0.176. The molecule has 0 aliphatic carbocycles. The van der Waals surface area contributed by atoms with Crippen LogP contribution < -0.4 is 10.1 Å². The van der Waals surface area contributed by atoms with Crippen molar-refractivity contribution in [2.75, 3.05) is 26.0 Å². The van der Waals surface area contributed by atoms with E-state index in [4.69, 9.17) is 16.3 Å². The standard InChI is InChI=1S/C17H16BrClN2O3/c1-21(10-16(22)20-14-6-4-3-5-13(14)19)17(23)11-7-8-15(24-2)12(18)9-11/h3-9H,10H2,1-2H3,(H,20,22). The van der Waals surface area contributed by atoms with Gasteiger partial charge in [0.15, 0.2) is 0 Å². The van der Waals surface area contributed by atoms with Crippen molar-refractivity contribution in [1.29, 1.82) is 0 Å². The number of likely N-dealkylation sites (N-methyl/N-ethyl adjacent to an activating group) is 1. The van der Waals surface area contributed by atoms with E-state index in [-0.39, 0.29) is 18.4 Å². The molecule has 2 aromatic rings. The molecule has 0 unspecified atom stereocenters. The Bertz CT molecular complexity index is 767. The summed E-state index contributed by atoms with van der Waals surface area (Å²) in [6.45, 7) is -0.0896. The van der Waals surface area contributed by atoms with E-state index in [9.17, 15) is 9.59 Å². The lowest BCUT2D eigenvalue weighted by Crippen LogP contribution is -2.35. The van der Waals surface area contributed by atoms with Gasteiger partial charge in [-0.3, -0.25) is 9.59 Å². The number of methoxy groups -OCH3 is 1. The van der Waals surface area contributed by atoms with Crippen LogP contribution in [0.25, 0.3) is 0 Å². The first-order chi connectivity index (χ1) is 11.4. The molecule has 0 aromatic heterocycles. The first-order valence-electron chi connectivity index (χ1n) is 7.05. The third-order valence-corrected chi connectivity index (χ3v) is 4.22. The highest BCUT2D eigenvalue weighted by Gasteiger charge is 2.16. The van der Waals surface area contributed by atoms with Crippen LogP contribution in [0.15, 0.2) is 46.9 Å². The molecule has 1 N–H and O–H groups in total. The number of hydrogen-bond acceptors (Lipinski definition) is 3. The monoisotopic (exact) mass is 410 g/mol. The summed E-state index contributed by atoms with van der Waals surface area (Å²) < 4.78 is 5.81. The number of rotatable bonds is 5. The van der Waals surface area contributed by atoms with Crippen molar-refractivity contribution in [3.05, 3.63) is 57.5 Å². The third-order valence-electron chi connectivity index (χ3n) is 3.27. The van der Waals surface area contributed by atoms with Gasteiger partial charge in [-0.15, -0.1) is 0 Å². The Balaban J connectivity index is 2.02. The lowest BCUT2D eigenvalue weighted by Gasteiger charge is -2.17. The molecule has 0 fully saturated rings. The van der Waals surface area contributed by atoms with Gasteiger partial charge in [0.25, 0.3) is 5.91 Å². The maximum absolute atomic E-state index is 12.4. The van der Waals surface area contributed by atoms with E-state index in [0.29, 0.717) is 26.5 Å².